The SMILES string of the molecule is CC1(C)c2cc(-c3cc4cc(N(c5ccc6ccccc6c5)c5ccc6ccccc6c5)c5ccccc5c4c4ccccc34)ccc2-c2ccc(N(c3ccccc3)c3ccccc3)cc21. The highest BCUT2D eigenvalue weighted by Crippen LogP contribution is 2.53. The Morgan fingerprint density at radius 1 is 0.284 bits per heavy atom. The molecule has 13 rings (SSSR count). The highest BCUT2D eigenvalue weighted by atomic mass is 15.1. The van der Waals surface area contributed by atoms with E-state index in [0.29, 0.717) is 0 Å². The van der Waals surface area contributed by atoms with Gasteiger partial charge < -0.3 is 9.80 Å². The van der Waals surface area contributed by atoms with Gasteiger partial charge >= 0.3 is 0 Å². The maximum absolute atomic E-state index is 2.48. The van der Waals surface area contributed by atoms with Crippen molar-refractivity contribution in [2.45, 2.75) is 19.3 Å². The Hall–Kier alpha value is -8.46. The van der Waals surface area contributed by atoms with E-state index >= 15 is 0 Å². The molecule has 0 aromatic heterocycles. The third kappa shape index (κ3) is 6.32. The molecule has 1 aliphatic rings. The molecule has 0 aliphatic heterocycles. The number of anilines is 6. The van der Waals surface area contributed by atoms with Crippen molar-refractivity contribution in [3.63, 3.8) is 0 Å². The van der Waals surface area contributed by atoms with Crippen molar-refractivity contribution >= 4 is 88.0 Å². The quantitative estimate of drug-likeness (QED) is 0.147. The Morgan fingerprint density at radius 3 is 1.36 bits per heavy atom. The lowest BCUT2D eigenvalue weighted by atomic mass is 9.81. The summed E-state index contributed by atoms with van der Waals surface area (Å²) in [6.45, 7) is 4.79. The number of benzene rings is 12. The number of fused-ring (bicyclic) bond motifs is 10. The van der Waals surface area contributed by atoms with E-state index in [0.717, 1.165) is 34.1 Å². The van der Waals surface area contributed by atoms with Crippen LogP contribution in [0, 0.1) is 0 Å². The maximum Gasteiger partial charge on any atom is 0.0546 e. The maximum atomic E-state index is 2.48. The Bertz CT molecular complexity index is 3790. The number of nitrogens with zero attached hydrogens (tertiary/aromatic N) is 2. The van der Waals surface area contributed by atoms with Gasteiger partial charge in [0.15, 0.2) is 0 Å². The summed E-state index contributed by atoms with van der Waals surface area (Å²) in [6, 6.07) is 89.6. The van der Waals surface area contributed by atoms with Crippen LogP contribution in [0.2, 0.25) is 0 Å². The Kier molecular flexibility index (Phi) is 8.91. The normalized spacial score (nSPS) is 12.7. The van der Waals surface area contributed by atoms with Gasteiger partial charge in [0.05, 0.1) is 5.69 Å². The summed E-state index contributed by atoms with van der Waals surface area (Å²) in [7, 11) is 0. The first kappa shape index (κ1) is 39.0. The second kappa shape index (κ2) is 15.3. The second-order valence-corrected chi connectivity index (χ2v) is 18.5. The van der Waals surface area contributed by atoms with E-state index in [1.807, 2.05) is 0 Å². The average Bonchev–Trinajstić information content (AvgIpc) is 3.61. The van der Waals surface area contributed by atoms with Crippen molar-refractivity contribution in [2.75, 3.05) is 9.80 Å². The summed E-state index contributed by atoms with van der Waals surface area (Å²) < 4.78 is 0. The van der Waals surface area contributed by atoms with Crippen LogP contribution in [0.1, 0.15) is 25.0 Å². The van der Waals surface area contributed by atoms with Gasteiger partial charge in [-0.15, -0.1) is 0 Å². The number of hydrogen-bond donors (Lipinski definition) is 0. The predicted molar refractivity (Wildman–Crippen MR) is 286 cm³/mol. The van der Waals surface area contributed by atoms with E-state index in [1.54, 1.807) is 0 Å². The molecule has 0 heterocycles. The monoisotopic (exact) mass is 854 g/mol. The van der Waals surface area contributed by atoms with Crippen LogP contribution in [-0.4, -0.2) is 0 Å². The number of rotatable bonds is 7. The second-order valence-electron chi connectivity index (χ2n) is 18.5. The molecule has 67 heavy (non-hydrogen) atoms. The van der Waals surface area contributed by atoms with Gasteiger partial charge in [-0.1, -0.05) is 178 Å². The van der Waals surface area contributed by atoms with E-state index < -0.39 is 0 Å². The van der Waals surface area contributed by atoms with Crippen molar-refractivity contribution in [3.05, 3.63) is 254 Å². The molecule has 316 valence electrons. The Balaban J connectivity index is 0.994. The molecular weight excluding hydrogens is 809 g/mol. The van der Waals surface area contributed by atoms with Gasteiger partial charge in [-0.2, -0.15) is 0 Å². The zero-order valence-corrected chi connectivity index (χ0v) is 37.5. The highest BCUT2D eigenvalue weighted by Gasteiger charge is 2.36. The molecule has 0 atom stereocenters. The summed E-state index contributed by atoms with van der Waals surface area (Å²) in [5.74, 6) is 0. The topological polar surface area (TPSA) is 6.48 Å². The first-order valence-electron chi connectivity index (χ1n) is 23.3. The first-order valence-corrected chi connectivity index (χ1v) is 23.3. The molecule has 0 amide bonds. The van der Waals surface area contributed by atoms with Crippen molar-refractivity contribution in [1.82, 2.24) is 0 Å². The summed E-state index contributed by atoms with van der Waals surface area (Å²) >= 11 is 0. The zero-order valence-electron chi connectivity index (χ0n) is 37.5. The minimum absolute atomic E-state index is 0.230. The third-order valence-electron chi connectivity index (χ3n) is 14.3. The van der Waals surface area contributed by atoms with E-state index in [9.17, 15) is 0 Å². The molecule has 0 unspecified atom stereocenters. The highest BCUT2D eigenvalue weighted by molar-refractivity contribution is 6.26. The molecule has 1 aliphatic carbocycles. The van der Waals surface area contributed by atoms with Gasteiger partial charge in [0.25, 0.3) is 0 Å². The molecule has 12 aromatic rings. The fourth-order valence-corrected chi connectivity index (χ4v) is 11.1. The molecular formula is C65H46N2. The standard InChI is InChI=1S/C65H46N2/c1-65(2)61-40-47(31-35-55(61)56-36-34-53(42-62(56)65)66(49-21-5-3-6-22-49)50-23-7-4-8-24-50)60-39-48-41-63(57-26-14-16-28-59(57)64(48)58-27-15-13-25-54(58)60)67(51-32-29-43-17-9-11-19-45(43)37-51)52-33-30-44-18-10-12-20-46(44)38-52/h3-42H,1-2H3. The van der Waals surface area contributed by atoms with Gasteiger partial charge in [0.2, 0.25) is 0 Å². The first-order chi connectivity index (χ1) is 33.0. The van der Waals surface area contributed by atoms with Crippen LogP contribution in [0.5, 0.6) is 0 Å². The fourth-order valence-electron chi connectivity index (χ4n) is 11.1. The van der Waals surface area contributed by atoms with E-state index in [1.165, 1.54) is 87.2 Å². The van der Waals surface area contributed by atoms with Gasteiger partial charge in [-0.3, -0.25) is 0 Å². The molecule has 0 N–H and O–H groups in total. The van der Waals surface area contributed by atoms with Crippen LogP contribution in [0.25, 0.3) is 76.1 Å². The lowest BCUT2D eigenvalue weighted by Gasteiger charge is -2.28. The van der Waals surface area contributed by atoms with Crippen LogP contribution < -0.4 is 9.80 Å². The summed E-state index contributed by atoms with van der Waals surface area (Å²) in [5.41, 5.74) is 14.4. The van der Waals surface area contributed by atoms with E-state index in [-0.39, 0.29) is 5.41 Å². The number of para-hydroxylation sites is 2. The lowest BCUT2D eigenvalue weighted by Crippen LogP contribution is -2.16. The van der Waals surface area contributed by atoms with E-state index in [4.69, 9.17) is 0 Å². The smallest absolute Gasteiger partial charge is 0.0546 e. The van der Waals surface area contributed by atoms with Crippen molar-refractivity contribution in [3.8, 4) is 22.3 Å². The minimum Gasteiger partial charge on any atom is -0.310 e. The van der Waals surface area contributed by atoms with Gasteiger partial charge in [0, 0.05) is 39.2 Å². The Labute approximate surface area is 391 Å². The predicted octanol–water partition coefficient (Wildman–Crippen LogP) is 18.4. The largest absolute Gasteiger partial charge is 0.310 e. The van der Waals surface area contributed by atoms with Gasteiger partial charge in [-0.25, -0.2) is 0 Å². The van der Waals surface area contributed by atoms with Crippen LogP contribution in [-0.2, 0) is 5.41 Å². The molecule has 0 spiro atoms. The van der Waals surface area contributed by atoms with Crippen molar-refractivity contribution in [2.24, 2.45) is 0 Å². The van der Waals surface area contributed by atoms with Gasteiger partial charge in [-0.05, 0) is 161 Å². The molecule has 0 fully saturated rings. The zero-order chi connectivity index (χ0) is 44.6. The molecule has 12 aromatic carbocycles. The van der Waals surface area contributed by atoms with Crippen LogP contribution in [0.15, 0.2) is 243 Å². The minimum atomic E-state index is -0.230. The van der Waals surface area contributed by atoms with E-state index in [2.05, 4.69) is 266 Å². The lowest BCUT2D eigenvalue weighted by molar-refractivity contribution is 0.660. The molecule has 2 nitrogen and oxygen atoms in total. The Morgan fingerprint density at radius 2 is 0.746 bits per heavy atom. The molecule has 0 bridgehead atoms. The molecule has 2 heteroatoms. The van der Waals surface area contributed by atoms with Crippen molar-refractivity contribution in [1.29, 1.82) is 0 Å². The molecule has 0 radical (unpaired) electrons. The summed E-state index contributed by atoms with van der Waals surface area (Å²) in [6.07, 6.45) is 0. The number of hydrogen-bond acceptors (Lipinski definition) is 2. The summed E-state index contributed by atoms with van der Waals surface area (Å²) in [5, 5.41) is 12.3. The van der Waals surface area contributed by atoms with Crippen LogP contribution in [0.3, 0.4) is 0 Å². The van der Waals surface area contributed by atoms with Crippen LogP contribution >= 0.6 is 0 Å². The van der Waals surface area contributed by atoms with Gasteiger partial charge in [0.1, 0.15) is 0 Å². The van der Waals surface area contributed by atoms with Crippen LogP contribution in [0.4, 0.5) is 34.1 Å². The fraction of sp³-hybridized carbons (Fsp3) is 0.0462. The van der Waals surface area contributed by atoms with Crippen molar-refractivity contribution < 1.29 is 0 Å². The average molecular weight is 855 g/mol. The summed E-state index contributed by atoms with van der Waals surface area (Å²) in [4.78, 5) is 4.83. The molecule has 0 saturated carbocycles. The molecule has 0 saturated heterocycles. The third-order valence-corrected chi connectivity index (χ3v) is 14.3.